The maximum absolute atomic E-state index is 13.0. The van der Waals surface area contributed by atoms with E-state index in [0.29, 0.717) is 43.8 Å². The van der Waals surface area contributed by atoms with Crippen LogP contribution in [0.5, 0.6) is 11.5 Å². The van der Waals surface area contributed by atoms with E-state index >= 15 is 0 Å². The fraction of sp³-hybridized carbons (Fsp3) is 0.360. The topological polar surface area (TPSA) is 122 Å². The van der Waals surface area contributed by atoms with E-state index in [9.17, 15) is 9.59 Å². The highest BCUT2D eigenvalue weighted by Crippen LogP contribution is 2.20. The average Bonchev–Trinajstić information content (AvgIpc) is 2.85. The molecule has 0 aliphatic heterocycles. The van der Waals surface area contributed by atoms with E-state index in [2.05, 4.69) is 0 Å². The number of para-hydroxylation sites is 2. The van der Waals surface area contributed by atoms with Gasteiger partial charge in [0.2, 0.25) is 0 Å². The SMILES string of the molecule is N#COCCCCC(CCCOC#N)CN(C(=O)Oc1ccccc1)C(=O)Oc1ccccc1. The Labute approximate surface area is 199 Å². The van der Waals surface area contributed by atoms with Gasteiger partial charge < -0.3 is 18.9 Å². The lowest BCUT2D eigenvalue weighted by Gasteiger charge is -2.25. The van der Waals surface area contributed by atoms with Crippen LogP contribution in [0.15, 0.2) is 60.7 Å². The van der Waals surface area contributed by atoms with Crippen LogP contribution in [-0.4, -0.2) is 36.8 Å². The van der Waals surface area contributed by atoms with Crippen molar-refractivity contribution in [2.75, 3.05) is 19.8 Å². The maximum atomic E-state index is 13.0. The molecule has 0 aromatic heterocycles. The van der Waals surface area contributed by atoms with Gasteiger partial charge in [0, 0.05) is 6.54 Å². The normalized spacial score (nSPS) is 10.8. The first kappa shape index (κ1) is 26.0. The van der Waals surface area contributed by atoms with Gasteiger partial charge in [0.05, 0.1) is 0 Å². The van der Waals surface area contributed by atoms with Crippen molar-refractivity contribution in [1.29, 1.82) is 10.5 Å². The zero-order chi connectivity index (χ0) is 24.4. The monoisotopic (exact) mass is 465 g/mol. The molecule has 0 aliphatic carbocycles. The molecule has 1 unspecified atom stereocenters. The van der Waals surface area contributed by atoms with Gasteiger partial charge in [-0.15, -0.1) is 0 Å². The van der Waals surface area contributed by atoms with E-state index in [-0.39, 0.29) is 19.1 Å². The first-order valence-electron chi connectivity index (χ1n) is 11.0. The summed E-state index contributed by atoms with van der Waals surface area (Å²) in [5.41, 5.74) is 0. The molecule has 0 heterocycles. The van der Waals surface area contributed by atoms with Crippen molar-refractivity contribution in [2.45, 2.75) is 32.1 Å². The van der Waals surface area contributed by atoms with E-state index in [4.69, 9.17) is 29.5 Å². The Balaban J connectivity index is 2.12. The molecular formula is C25H27N3O6. The second-order valence-corrected chi connectivity index (χ2v) is 7.36. The van der Waals surface area contributed by atoms with Gasteiger partial charge in [-0.3, -0.25) is 0 Å². The predicted molar refractivity (Wildman–Crippen MR) is 121 cm³/mol. The van der Waals surface area contributed by atoms with Crippen LogP contribution in [0, 0.1) is 29.0 Å². The number of unbranched alkanes of at least 4 members (excludes halogenated alkanes) is 1. The molecule has 9 nitrogen and oxygen atoms in total. The minimum atomic E-state index is -0.849. The number of hydrogen-bond acceptors (Lipinski definition) is 8. The van der Waals surface area contributed by atoms with Crippen molar-refractivity contribution in [3.63, 3.8) is 0 Å². The van der Waals surface area contributed by atoms with Crippen LogP contribution >= 0.6 is 0 Å². The van der Waals surface area contributed by atoms with Crippen LogP contribution in [0.4, 0.5) is 9.59 Å². The number of hydrogen-bond donors (Lipinski definition) is 0. The predicted octanol–water partition coefficient (Wildman–Crippen LogP) is 5.25. The largest absolute Gasteiger partial charge is 0.428 e. The van der Waals surface area contributed by atoms with Gasteiger partial charge in [-0.2, -0.15) is 10.5 Å². The summed E-state index contributed by atoms with van der Waals surface area (Å²) in [6.45, 7) is 0.604. The highest BCUT2D eigenvalue weighted by atomic mass is 16.6. The van der Waals surface area contributed by atoms with Crippen molar-refractivity contribution in [2.24, 2.45) is 5.92 Å². The van der Waals surface area contributed by atoms with Gasteiger partial charge in [0.1, 0.15) is 24.7 Å². The Morgan fingerprint density at radius 1 is 0.735 bits per heavy atom. The molecule has 34 heavy (non-hydrogen) atoms. The van der Waals surface area contributed by atoms with Gasteiger partial charge in [-0.25, -0.2) is 14.5 Å². The van der Waals surface area contributed by atoms with Crippen molar-refractivity contribution < 1.29 is 28.5 Å². The first-order chi connectivity index (χ1) is 16.6. The number of carbonyl (C=O) groups is 2. The van der Waals surface area contributed by atoms with E-state index < -0.39 is 12.2 Å². The van der Waals surface area contributed by atoms with Crippen LogP contribution in [0.1, 0.15) is 32.1 Å². The van der Waals surface area contributed by atoms with Crippen molar-refractivity contribution in [3.8, 4) is 24.0 Å². The van der Waals surface area contributed by atoms with Crippen LogP contribution in [0.2, 0.25) is 0 Å². The summed E-state index contributed by atoms with van der Waals surface area (Å²) in [6.07, 6.45) is 4.79. The fourth-order valence-electron chi connectivity index (χ4n) is 3.24. The van der Waals surface area contributed by atoms with Gasteiger partial charge in [-0.05, 0) is 62.3 Å². The summed E-state index contributed by atoms with van der Waals surface area (Å²) in [5.74, 6) is 0.506. The van der Waals surface area contributed by atoms with Crippen LogP contribution in [0.3, 0.4) is 0 Å². The number of carbonyl (C=O) groups excluding carboxylic acids is 2. The number of amides is 2. The third-order valence-corrected chi connectivity index (χ3v) is 4.87. The third-order valence-electron chi connectivity index (χ3n) is 4.87. The summed E-state index contributed by atoms with van der Waals surface area (Å²) >= 11 is 0. The smallest absolute Gasteiger partial charge is 0.424 e. The summed E-state index contributed by atoms with van der Waals surface area (Å²) in [7, 11) is 0. The summed E-state index contributed by atoms with van der Waals surface area (Å²) < 4.78 is 20.3. The van der Waals surface area contributed by atoms with Crippen molar-refractivity contribution in [3.05, 3.63) is 60.7 Å². The molecule has 0 spiro atoms. The van der Waals surface area contributed by atoms with Crippen LogP contribution in [0.25, 0.3) is 0 Å². The number of imide groups is 1. The highest BCUT2D eigenvalue weighted by molar-refractivity contribution is 5.89. The molecule has 1 atom stereocenters. The van der Waals surface area contributed by atoms with Gasteiger partial charge in [0.25, 0.3) is 12.5 Å². The molecule has 2 aromatic rings. The second-order valence-electron chi connectivity index (χ2n) is 7.36. The lowest BCUT2D eigenvalue weighted by atomic mass is 9.96. The quantitative estimate of drug-likeness (QED) is 0.290. The van der Waals surface area contributed by atoms with E-state index in [1.807, 2.05) is 0 Å². The molecule has 9 heteroatoms. The molecule has 2 rings (SSSR count). The summed E-state index contributed by atoms with van der Waals surface area (Å²) in [6, 6.07) is 16.9. The molecule has 0 aliphatic rings. The summed E-state index contributed by atoms with van der Waals surface area (Å²) in [4.78, 5) is 26.8. The Kier molecular flexibility index (Phi) is 11.9. The lowest BCUT2D eigenvalue weighted by Crippen LogP contribution is -2.43. The highest BCUT2D eigenvalue weighted by Gasteiger charge is 2.29. The number of ether oxygens (including phenoxy) is 4. The Hall–Kier alpha value is -4.24. The molecular weight excluding hydrogens is 438 g/mol. The second kappa shape index (κ2) is 15.5. The average molecular weight is 466 g/mol. The lowest BCUT2D eigenvalue weighted by molar-refractivity contribution is 0.121. The van der Waals surface area contributed by atoms with E-state index in [0.717, 1.165) is 11.3 Å². The van der Waals surface area contributed by atoms with Crippen LogP contribution < -0.4 is 9.47 Å². The molecule has 178 valence electrons. The Bertz CT molecular complexity index is 903. The fourth-order valence-corrected chi connectivity index (χ4v) is 3.24. The Morgan fingerprint density at radius 2 is 1.21 bits per heavy atom. The molecule has 0 bridgehead atoms. The van der Waals surface area contributed by atoms with Crippen LogP contribution in [-0.2, 0) is 9.47 Å². The molecule has 0 N–H and O–H groups in total. The molecule has 0 saturated heterocycles. The third kappa shape index (κ3) is 9.92. The van der Waals surface area contributed by atoms with Crippen molar-refractivity contribution >= 4 is 12.2 Å². The number of benzene rings is 2. The Morgan fingerprint density at radius 3 is 1.71 bits per heavy atom. The number of rotatable bonds is 13. The van der Waals surface area contributed by atoms with Gasteiger partial charge in [0.15, 0.2) is 0 Å². The molecule has 0 radical (unpaired) electrons. The summed E-state index contributed by atoms with van der Waals surface area (Å²) in [5, 5.41) is 17.1. The maximum Gasteiger partial charge on any atom is 0.424 e. The molecule has 2 aromatic carbocycles. The first-order valence-corrected chi connectivity index (χ1v) is 11.0. The van der Waals surface area contributed by atoms with E-state index in [1.54, 1.807) is 73.2 Å². The molecule has 0 saturated carbocycles. The zero-order valence-corrected chi connectivity index (χ0v) is 18.8. The zero-order valence-electron chi connectivity index (χ0n) is 18.8. The minimum absolute atomic E-state index is 0.0585. The standard InChI is InChI=1S/C25H27N3O6/c26-19-31-16-8-7-10-21(11-9-17-32-20-27)18-28(24(29)33-22-12-3-1-4-13-22)25(30)34-23-14-5-2-6-15-23/h1-6,12-15,21H,7-11,16-18H2. The van der Waals surface area contributed by atoms with Crippen molar-refractivity contribution in [1.82, 2.24) is 4.90 Å². The number of nitriles is 2. The van der Waals surface area contributed by atoms with E-state index in [1.165, 1.54) is 0 Å². The van der Waals surface area contributed by atoms with Gasteiger partial charge in [-0.1, -0.05) is 36.4 Å². The molecule has 2 amide bonds. The van der Waals surface area contributed by atoms with Gasteiger partial charge >= 0.3 is 12.2 Å². The number of nitrogens with zero attached hydrogens (tertiary/aromatic N) is 3. The molecule has 0 fully saturated rings. The minimum Gasteiger partial charge on any atom is -0.428 e.